The van der Waals surface area contributed by atoms with Gasteiger partial charge in [0.2, 0.25) is 0 Å². The summed E-state index contributed by atoms with van der Waals surface area (Å²) in [5.41, 5.74) is 7.84. The van der Waals surface area contributed by atoms with Crippen molar-refractivity contribution >= 4 is 0 Å². The molecule has 21 heavy (non-hydrogen) atoms. The highest BCUT2D eigenvalue weighted by molar-refractivity contribution is 5.19. The number of halogens is 1. The summed E-state index contributed by atoms with van der Waals surface area (Å²) < 4.78 is 15.7. The molecule has 1 aliphatic carbocycles. The lowest BCUT2D eigenvalue weighted by Crippen LogP contribution is -2.26. The third-order valence-corrected chi connectivity index (χ3v) is 4.27. The number of benzene rings is 1. The number of hydrogen-bond donors (Lipinski definition) is 1. The van der Waals surface area contributed by atoms with Gasteiger partial charge in [-0.2, -0.15) is 5.10 Å². The number of rotatable bonds is 5. The molecule has 0 aliphatic heterocycles. The maximum Gasteiger partial charge on any atom is 0.126 e. The van der Waals surface area contributed by atoms with Gasteiger partial charge < -0.3 is 5.73 Å². The quantitative estimate of drug-likeness (QED) is 0.917. The van der Waals surface area contributed by atoms with Gasteiger partial charge in [-0.3, -0.25) is 4.68 Å². The molecular weight excluding hydrogens is 265 g/mol. The van der Waals surface area contributed by atoms with E-state index in [1.54, 1.807) is 12.1 Å². The van der Waals surface area contributed by atoms with Gasteiger partial charge in [0, 0.05) is 18.7 Å². The molecule has 0 bridgehead atoms. The Morgan fingerprint density at radius 3 is 2.71 bits per heavy atom. The maximum atomic E-state index is 13.6. The van der Waals surface area contributed by atoms with Crippen LogP contribution in [-0.4, -0.2) is 15.8 Å². The third kappa shape index (κ3) is 3.50. The summed E-state index contributed by atoms with van der Waals surface area (Å²) in [7, 11) is 0. The molecule has 0 radical (unpaired) electrons. The van der Waals surface area contributed by atoms with Crippen LogP contribution >= 0.6 is 0 Å². The number of hydrogen-bond acceptors (Lipinski definition) is 2. The van der Waals surface area contributed by atoms with Gasteiger partial charge in [-0.15, -0.1) is 0 Å². The van der Waals surface area contributed by atoms with Gasteiger partial charge in [-0.1, -0.05) is 31.0 Å². The second-order valence-corrected chi connectivity index (χ2v) is 5.99. The summed E-state index contributed by atoms with van der Waals surface area (Å²) >= 11 is 0. The van der Waals surface area contributed by atoms with E-state index in [-0.39, 0.29) is 11.9 Å². The van der Waals surface area contributed by atoms with Crippen molar-refractivity contribution in [3.8, 4) is 0 Å². The highest BCUT2D eigenvalue weighted by Crippen LogP contribution is 2.28. The second-order valence-electron chi connectivity index (χ2n) is 5.99. The number of aromatic nitrogens is 2. The van der Waals surface area contributed by atoms with Crippen molar-refractivity contribution < 1.29 is 4.39 Å². The van der Waals surface area contributed by atoms with E-state index in [2.05, 4.69) is 16.0 Å². The largest absolute Gasteiger partial charge is 0.327 e. The molecule has 1 aromatic heterocycles. The SMILES string of the molecule is NC(Cc1ccn(C2CCCC2)n1)Cc1ccccc1F. The van der Waals surface area contributed by atoms with Gasteiger partial charge >= 0.3 is 0 Å². The molecule has 4 heteroatoms. The Balaban J connectivity index is 1.60. The molecule has 112 valence electrons. The van der Waals surface area contributed by atoms with E-state index in [0.29, 0.717) is 24.4 Å². The van der Waals surface area contributed by atoms with Gasteiger partial charge in [0.05, 0.1) is 11.7 Å². The zero-order valence-corrected chi connectivity index (χ0v) is 12.2. The first-order valence-corrected chi connectivity index (χ1v) is 7.75. The molecule has 0 amide bonds. The van der Waals surface area contributed by atoms with Gasteiger partial charge in [0.1, 0.15) is 5.82 Å². The minimum atomic E-state index is -0.176. The molecule has 1 heterocycles. The fraction of sp³-hybridized carbons (Fsp3) is 0.471. The summed E-state index contributed by atoms with van der Waals surface area (Å²) in [6.07, 6.45) is 8.34. The number of nitrogens with two attached hydrogens (primary N) is 1. The lowest BCUT2D eigenvalue weighted by Gasteiger charge is -2.12. The normalized spacial score (nSPS) is 17.2. The second kappa shape index (κ2) is 6.39. The van der Waals surface area contributed by atoms with E-state index < -0.39 is 0 Å². The van der Waals surface area contributed by atoms with E-state index in [9.17, 15) is 4.39 Å². The van der Waals surface area contributed by atoms with Crippen LogP contribution in [0.5, 0.6) is 0 Å². The first-order chi connectivity index (χ1) is 10.2. The standard InChI is InChI=1S/C17H22FN3/c18-17-8-4-1-5-13(17)11-14(19)12-15-9-10-21(20-15)16-6-2-3-7-16/h1,4-5,8-10,14,16H,2-3,6-7,11-12,19H2. The van der Waals surface area contributed by atoms with E-state index in [0.717, 1.165) is 5.69 Å². The molecular formula is C17H22FN3. The number of nitrogens with zero attached hydrogens (tertiary/aromatic N) is 2. The predicted molar refractivity (Wildman–Crippen MR) is 81.5 cm³/mol. The monoisotopic (exact) mass is 287 g/mol. The Hall–Kier alpha value is -1.68. The molecule has 3 nitrogen and oxygen atoms in total. The van der Waals surface area contributed by atoms with Crippen LogP contribution in [0.4, 0.5) is 4.39 Å². The van der Waals surface area contributed by atoms with Crippen LogP contribution in [0, 0.1) is 5.82 Å². The molecule has 1 aromatic carbocycles. The Kier molecular flexibility index (Phi) is 4.34. The molecule has 0 saturated heterocycles. The van der Waals surface area contributed by atoms with Crippen LogP contribution < -0.4 is 5.73 Å². The van der Waals surface area contributed by atoms with E-state index >= 15 is 0 Å². The zero-order chi connectivity index (χ0) is 14.7. The minimum absolute atomic E-state index is 0.103. The van der Waals surface area contributed by atoms with Gasteiger partial charge in [-0.25, -0.2) is 4.39 Å². The zero-order valence-electron chi connectivity index (χ0n) is 12.2. The Labute approximate surface area is 125 Å². The van der Waals surface area contributed by atoms with Gasteiger partial charge in [0.15, 0.2) is 0 Å². The average molecular weight is 287 g/mol. The summed E-state index contributed by atoms with van der Waals surface area (Å²) in [5.74, 6) is -0.176. The highest BCUT2D eigenvalue weighted by Gasteiger charge is 2.18. The summed E-state index contributed by atoms with van der Waals surface area (Å²) in [5, 5.41) is 4.64. The Morgan fingerprint density at radius 2 is 1.95 bits per heavy atom. The first kappa shape index (κ1) is 14.3. The van der Waals surface area contributed by atoms with Crippen LogP contribution in [-0.2, 0) is 12.8 Å². The Morgan fingerprint density at radius 1 is 1.19 bits per heavy atom. The lowest BCUT2D eigenvalue weighted by atomic mass is 10.0. The van der Waals surface area contributed by atoms with Crippen molar-refractivity contribution in [2.24, 2.45) is 5.73 Å². The molecule has 1 aliphatic rings. The summed E-state index contributed by atoms with van der Waals surface area (Å²) in [6.45, 7) is 0. The molecule has 2 aromatic rings. The van der Waals surface area contributed by atoms with E-state index in [4.69, 9.17) is 5.73 Å². The maximum absolute atomic E-state index is 13.6. The van der Waals surface area contributed by atoms with Crippen molar-refractivity contribution in [2.45, 2.75) is 50.6 Å². The molecule has 1 unspecified atom stereocenters. The first-order valence-electron chi connectivity index (χ1n) is 7.75. The molecule has 1 fully saturated rings. The van der Waals surface area contributed by atoms with Gasteiger partial charge in [-0.05, 0) is 37.0 Å². The predicted octanol–water partition coefficient (Wildman–Crippen LogP) is 3.25. The van der Waals surface area contributed by atoms with E-state index in [1.807, 2.05) is 12.1 Å². The minimum Gasteiger partial charge on any atom is -0.327 e. The molecule has 2 N–H and O–H groups in total. The third-order valence-electron chi connectivity index (χ3n) is 4.27. The van der Waals surface area contributed by atoms with Crippen molar-refractivity contribution in [2.75, 3.05) is 0 Å². The van der Waals surface area contributed by atoms with Crippen LogP contribution in [0.25, 0.3) is 0 Å². The molecule has 3 rings (SSSR count). The van der Waals surface area contributed by atoms with Crippen molar-refractivity contribution in [1.82, 2.24) is 9.78 Å². The van der Waals surface area contributed by atoms with E-state index in [1.165, 1.54) is 31.7 Å². The molecule has 1 saturated carbocycles. The summed E-state index contributed by atoms with van der Waals surface area (Å²) in [4.78, 5) is 0. The molecule has 1 atom stereocenters. The van der Waals surface area contributed by atoms with Crippen molar-refractivity contribution in [1.29, 1.82) is 0 Å². The van der Waals surface area contributed by atoms with Crippen LogP contribution in [0.1, 0.15) is 43.0 Å². The van der Waals surface area contributed by atoms with Crippen LogP contribution in [0.3, 0.4) is 0 Å². The van der Waals surface area contributed by atoms with Crippen molar-refractivity contribution in [3.63, 3.8) is 0 Å². The fourth-order valence-corrected chi connectivity index (χ4v) is 3.15. The topological polar surface area (TPSA) is 43.8 Å². The van der Waals surface area contributed by atoms with Crippen molar-refractivity contribution in [3.05, 3.63) is 53.6 Å². The molecule has 0 spiro atoms. The van der Waals surface area contributed by atoms with Crippen LogP contribution in [0.2, 0.25) is 0 Å². The average Bonchev–Trinajstić information content (AvgIpc) is 3.12. The summed E-state index contributed by atoms with van der Waals surface area (Å²) in [6, 6.07) is 9.33. The smallest absolute Gasteiger partial charge is 0.126 e. The fourth-order valence-electron chi connectivity index (χ4n) is 3.15. The lowest BCUT2D eigenvalue weighted by molar-refractivity contribution is 0.460. The highest BCUT2D eigenvalue weighted by atomic mass is 19.1. The van der Waals surface area contributed by atoms with Crippen LogP contribution in [0.15, 0.2) is 36.5 Å². The Bertz CT molecular complexity index is 587. The van der Waals surface area contributed by atoms with Gasteiger partial charge in [0.25, 0.3) is 0 Å².